The highest BCUT2D eigenvalue weighted by molar-refractivity contribution is 4.76. The predicted molar refractivity (Wildman–Crippen MR) is 71.3 cm³/mol. The van der Waals surface area contributed by atoms with Crippen LogP contribution in [0.25, 0.3) is 0 Å². The quantitative estimate of drug-likeness (QED) is 0.795. The number of nitrogens with one attached hydrogen (secondary N) is 1. The van der Waals surface area contributed by atoms with Gasteiger partial charge >= 0.3 is 0 Å². The highest BCUT2D eigenvalue weighted by Gasteiger charge is 2.21. The number of ether oxygens (including phenoxy) is 1. The predicted octanol–water partition coefficient (Wildman–Crippen LogP) is 2.02. The van der Waals surface area contributed by atoms with Crippen LogP contribution in [0.5, 0.6) is 0 Å². The summed E-state index contributed by atoms with van der Waals surface area (Å²) in [7, 11) is 0. The number of hydrogen-bond acceptors (Lipinski definition) is 3. The molecular weight excluding hydrogens is 212 g/mol. The van der Waals surface area contributed by atoms with Gasteiger partial charge < -0.3 is 10.1 Å². The molecule has 2 saturated heterocycles. The lowest BCUT2D eigenvalue weighted by Crippen LogP contribution is -2.45. The number of rotatable bonds is 5. The van der Waals surface area contributed by atoms with Gasteiger partial charge in [-0.05, 0) is 45.2 Å². The van der Waals surface area contributed by atoms with Crippen molar-refractivity contribution in [3.63, 3.8) is 0 Å². The van der Waals surface area contributed by atoms with E-state index in [2.05, 4.69) is 17.1 Å². The summed E-state index contributed by atoms with van der Waals surface area (Å²) in [4.78, 5) is 2.63. The van der Waals surface area contributed by atoms with Crippen molar-refractivity contribution in [2.75, 3.05) is 32.8 Å². The Hall–Kier alpha value is -0.120. The third kappa shape index (κ3) is 4.23. The van der Waals surface area contributed by atoms with Crippen LogP contribution in [-0.2, 0) is 4.74 Å². The first-order chi connectivity index (χ1) is 8.40. The Morgan fingerprint density at radius 3 is 3.06 bits per heavy atom. The van der Waals surface area contributed by atoms with Crippen molar-refractivity contribution in [1.82, 2.24) is 10.2 Å². The summed E-state index contributed by atoms with van der Waals surface area (Å²) in [5.41, 5.74) is 0. The molecule has 0 radical (unpaired) electrons. The van der Waals surface area contributed by atoms with Crippen LogP contribution in [-0.4, -0.2) is 49.8 Å². The molecule has 2 aliphatic rings. The van der Waals surface area contributed by atoms with Gasteiger partial charge in [0.1, 0.15) is 0 Å². The minimum absolute atomic E-state index is 0.670. The van der Waals surface area contributed by atoms with E-state index in [1.807, 2.05) is 0 Å². The summed E-state index contributed by atoms with van der Waals surface area (Å²) in [6.45, 7) is 7.78. The van der Waals surface area contributed by atoms with E-state index in [1.165, 1.54) is 51.6 Å². The van der Waals surface area contributed by atoms with Gasteiger partial charge in [-0.1, -0.05) is 13.3 Å². The van der Waals surface area contributed by atoms with Gasteiger partial charge in [-0.2, -0.15) is 0 Å². The molecule has 0 aromatic carbocycles. The van der Waals surface area contributed by atoms with Crippen LogP contribution in [0.1, 0.15) is 45.4 Å². The van der Waals surface area contributed by atoms with Crippen molar-refractivity contribution in [3.8, 4) is 0 Å². The number of hydrogen-bond donors (Lipinski definition) is 1. The third-order valence-electron chi connectivity index (χ3n) is 4.23. The minimum Gasteiger partial charge on any atom is -0.378 e. The van der Waals surface area contributed by atoms with Crippen LogP contribution in [0, 0.1) is 0 Å². The summed E-state index contributed by atoms with van der Waals surface area (Å²) in [5, 5.41) is 3.64. The molecule has 0 saturated carbocycles. The first kappa shape index (κ1) is 13.3. The Morgan fingerprint density at radius 2 is 2.29 bits per heavy atom. The molecule has 0 bridgehead atoms. The van der Waals surface area contributed by atoms with Crippen LogP contribution < -0.4 is 5.32 Å². The zero-order valence-corrected chi connectivity index (χ0v) is 11.3. The highest BCUT2D eigenvalue weighted by atomic mass is 16.5. The van der Waals surface area contributed by atoms with Crippen LogP contribution in [0.3, 0.4) is 0 Å². The topological polar surface area (TPSA) is 24.5 Å². The van der Waals surface area contributed by atoms with Gasteiger partial charge in [0.15, 0.2) is 0 Å². The van der Waals surface area contributed by atoms with Crippen LogP contribution >= 0.6 is 0 Å². The molecular formula is C14H28N2O. The fourth-order valence-corrected chi connectivity index (χ4v) is 3.07. The minimum atomic E-state index is 0.670. The summed E-state index contributed by atoms with van der Waals surface area (Å²) < 4.78 is 5.55. The van der Waals surface area contributed by atoms with E-state index in [9.17, 15) is 0 Å². The van der Waals surface area contributed by atoms with Crippen molar-refractivity contribution < 1.29 is 4.74 Å². The molecule has 2 fully saturated rings. The second kappa shape index (κ2) is 7.34. The summed E-state index contributed by atoms with van der Waals surface area (Å²) in [5.74, 6) is 0. The molecule has 3 nitrogen and oxygen atoms in total. The molecule has 0 spiro atoms. The van der Waals surface area contributed by atoms with E-state index < -0.39 is 0 Å². The number of morpholine rings is 1. The van der Waals surface area contributed by atoms with Gasteiger partial charge in [-0.3, -0.25) is 4.90 Å². The lowest BCUT2D eigenvalue weighted by molar-refractivity contribution is -0.00945. The number of nitrogens with zero attached hydrogens (tertiary/aromatic N) is 1. The summed E-state index contributed by atoms with van der Waals surface area (Å²) >= 11 is 0. The van der Waals surface area contributed by atoms with Crippen molar-refractivity contribution in [1.29, 1.82) is 0 Å². The number of piperidine rings is 1. The Labute approximate surface area is 106 Å². The molecule has 2 unspecified atom stereocenters. The zero-order chi connectivity index (χ0) is 11.9. The molecule has 0 aromatic heterocycles. The van der Waals surface area contributed by atoms with E-state index in [-0.39, 0.29) is 0 Å². The molecule has 1 N–H and O–H groups in total. The average Bonchev–Trinajstić information content (AvgIpc) is 2.40. The molecule has 2 heterocycles. The van der Waals surface area contributed by atoms with Crippen LogP contribution in [0.2, 0.25) is 0 Å². The van der Waals surface area contributed by atoms with Crippen molar-refractivity contribution in [2.24, 2.45) is 0 Å². The molecule has 2 atom stereocenters. The monoisotopic (exact) mass is 240 g/mol. The molecule has 2 aliphatic heterocycles. The van der Waals surface area contributed by atoms with Gasteiger partial charge in [0, 0.05) is 18.6 Å². The SMILES string of the molecule is CCC1COCCN1CCCC1CCCCN1. The van der Waals surface area contributed by atoms with Gasteiger partial charge in [-0.25, -0.2) is 0 Å². The summed E-state index contributed by atoms with van der Waals surface area (Å²) in [6.07, 6.45) is 8.11. The Morgan fingerprint density at radius 1 is 1.35 bits per heavy atom. The second-order valence-electron chi connectivity index (χ2n) is 5.46. The third-order valence-corrected chi connectivity index (χ3v) is 4.23. The fourth-order valence-electron chi connectivity index (χ4n) is 3.07. The first-order valence-electron chi connectivity index (χ1n) is 7.45. The van der Waals surface area contributed by atoms with Crippen molar-refractivity contribution in [2.45, 2.75) is 57.5 Å². The van der Waals surface area contributed by atoms with E-state index in [0.29, 0.717) is 6.04 Å². The second-order valence-corrected chi connectivity index (χ2v) is 5.46. The molecule has 3 heteroatoms. The van der Waals surface area contributed by atoms with Crippen LogP contribution in [0.15, 0.2) is 0 Å². The maximum atomic E-state index is 5.55. The Kier molecular flexibility index (Phi) is 5.75. The molecule has 2 rings (SSSR count). The Balaban J connectivity index is 1.62. The molecule has 100 valence electrons. The van der Waals surface area contributed by atoms with Crippen molar-refractivity contribution in [3.05, 3.63) is 0 Å². The van der Waals surface area contributed by atoms with Gasteiger partial charge in [0.05, 0.1) is 13.2 Å². The maximum Gasteiger partial charge on any atom is 0.0622 e. The van der Waals surface area contributed by atoms with Gasteiger partial charge in [0.2, 0.25) is 0 Å². The van der Waals surface area contributed by atoms with E-state index in [1.54, 1.807) is 0 Å². The van der Waals surface area contributed by atoms with Crippen LogP contribution in [0.4, 0.5) is 0 Å². The van der Waals surface area contributed by atoms with Gasteiger partial charge in [-0.15, -0.1) is 0 Å². The lowest BCUT2D eigenvalue weighted by atomic mass is 10.00. The Bertz CT molecular complexity index is 204. The smallest absolute Gasteiger partial charge is 0.0622 e. The first-order valence-corrected chi connectivity index (χ1v) is 7.45. The zero-order valence-electron chi connectivity index (χ0n) is 11.3. The summed E-state index contributed by atoms with van der Waals surface area (Å²) in [6, 6.07) is 1.47. The van der Waals surface area contributed by atoms with Crippen molar-refractivity contribution >= 4 is 0 Å². The fraction of sp³-hybridized carbons (Fsp3) is 1.00. The molecule has 0 aromatic rings. The maximum absolute atomic E-state index is 5.55. The lowest BCUT2D eigenvalue weighted by Gasteiger charge is -2.35. The molecule has 17 heavy (non-hydrogen) atoms. The average molecular weight is 240 g/mol. The molecule has 0 amide bonds. The largest absolute Gasteiger partial charge is 0.378 e. The van der Waals surface area contributed by atoms with E-state index >= 15 is 0 Å². The van der Waals surface area contributed by atoms with E-state index in [0.717, 1.165) is 25.8 Å². The highest BCUT2D eigenvalue weighted by Crippen LogP contribution is 2.15. The molecule has 0 aliphatic carbocycles. The van der Waals surface area contributed by atoms with E-state index in [4.69, 9.17) is 4.74 Å². The normalized spacial score (nSPS) is 31.6. The standard InChI is InChI=1S/C14H28N2O/c1-2-14-12-17-11-10-16(14)9-5-7-13-6-3-4-8-15-13/h13-15H,2-12H2,1H3. The van der Waals surface area contributed by atoms with Gasteiger partial charge in [0.25, 0.3) is 0 Å².